The molecular formula is C23H24N2O4. The van der Waals surface area contributed by atoms with Crippen LogP contribution in [0.1, 0.15) is 47.9 Å². The van der Waals surface area contributed by atoms with Gasteiger partial charge in [0.05, 0.1) is 5.52 Å². The molecule has 1 saturated carbocycles. The molecule has 6 nitrogen and oxygen atoms in total. The van der Waals surface area contributed by atoms with Crippen LogP contribution in [0, 0.1) is 13.8 Å². The fourth-order valence-electron chi connectivity index (χ4n) is 4.08. The van der Waals surface area contributed by atoms with Crippen molar-refractivity contribution in [1.29, 1.82) is 0 Å². The molecular weight excluding hydrogens is 368 g/mol. The lowest BCUT2D eigenvalue weighted by Crippen LogP contribution is -2.20. The maximum Gasteiger partial charge on any atom is 0.511 e. The molecule has 1 fully saturated rings. The van der Waals surface area contributed by atoms with Gasteiger partial charge in [-0.1, -0.05) is 6.92 Å². The van der Waals surface area contributed by atoms with Gasteiger partial charge in [-0.25, -0.2) is 4.79 Å². The van der Waals surface area contributed by atoms with Gasteiger partial charge in [0.25, 0.3) is 5.56 Å². The maximum absolute atomic E-state index is 12.8. The molecule has 0 spiro atoms. The second-order valence-electron chi connectivity index (χ2n) is 7.70. The first-order valence-electron chi connectivity index (χ1n) is 9.80. The average Bonchev–Trinajstić information content (AvgIpc) is 3.51. The highest BCUT2D eigenvalue weighted by atomic mass is 16.7. The number of nitrogens with zero attached hydrogens (tertiary/aromatic N) is 1. The second-order valence-corrected chi connectivity index (χ2v) is 7.70. The average molecular weight is 392 g/mol. The second kappa shape index (κ2) is 6.95. The normalized spacial score (nSPS) is 13.6. The number of nitrogen functional groups attached to an aromatic ring is 1. The van der Waals surface area contributed by atoms with Crippen molar-refractivity contribution < 1.29 is 14.6 Å². The Hall–Kier alpha value is -3.28. The van der Waals surface area contributed by atoms with Crippen LogP contribution in [-0.2, 0) is 6.42 Å². The largest absolute Gasteiger partial charge is 0.511 e. The first-order chi connectivity index (χ1) is 13.8. The number of carboxylic acid groups (broad SMARTS) is 1. The Morgan fingerprint density at radius 1 is 1.28 bits per heavy atom. The Bertz CT molecular complexity index is 1210. The number of aryl methyl sites for hydroxylation is 3. The van der Waals surface area contributed by atoms with Crippen molar-refractivity contribution in [1.82, 2.24) is 4.40 Å². The van der Waals surface area contributed by atoms with Crippen LogP contribution < -0.4 is 16.0 Å². The van der Waals surface area contributed by atoms with Crippen LogP contribution in [0.2, 0.25) is 0 Å². The lowest BCUT2D eigenvalue weighted by Gasteiger charge is -2.17. The van der Waals surface area contributed by atoms with E-state index in [4.69, 9.17) is 15.6 Å². The fraction of sp³-hybridized carbons (Fsp3) is 0.304. The van der Waals surface area contributed by atoms with Crippen LogP contribution in [0.5, 0.6) is 5.75 Å². The number of ether oxygens (including phenoxy) is 1. The third kappa shape index (κ3) is 3.24. The van der Waals surface area contributed by atoms with Crippen molar-refractivity contribution in [3.63, 3.8) is 0 Å². The monoisotopic (exact) mass is 392 g/mol. The highest BCUT2D eigenvalue weighted by Crippen LogP contribution is 2.44. The standard InChI is InChI=1S/C23H24N2O4/c1-4-14-10-16(9-12(2)20(14)24)17-7-8-25-21(13(17)3)18(15-5-6-15)11-19(22(25)26)29-23(27)28/h7-11,15H,4-6,24H2,1-3H3,(H,27,28). The van der Waals surface area contributed by atoms with Crippen LogP contribution in [-0.4, -0.2) is 15.7 Å². The lowest BCUT2D eigenvalue weighted by molar-refractivity contribution is 0.143. The molecule has 1 aliphatic rings. The Morgan fingerprint density at radius 2 is 2.00 bits per heavy atom. The number of nitrogens with two attached hydrogens (primary N) is 1. The molecule has 0 unspecified atom stereocenters. The molecule has 29 heavy (non-hydrogen) atoms. The van der Waals surface area contributed by atoms with Crippen molar-refractivity contribution in [3.05, 3.63) is 63.1 Å². The SMILES string of the molecule is CCc1cc(-c2ccn3c(=O)c(OC(=O)O)cc(C4CC4)c3c2C)cc(C)c1N. The van der Waals surface area contributed by atoms with E-state index in [0.717, 1.165) is 63.8 Å². The summed E-state index contributed by atoms with van der Waals surface area (Å²) in [6, 6.07) is 7.68. The Labute approximate surface area is 168 Å². The van der Waals surface area contributed by atoms with Gasteiger partial charge in [0, 0.05) is 11.9 Å². The number of carbonyl (C=O) groups is 1. The van der Waals surface area contributed by atoms with Crippen molar-refractivity contribution >= 4 is 17.4 Å². The van der Waals surface area contributed by atoms with E-state index in [9.17, 15) is 9.59 Å². The van der Waals surface area contributed by atoms with Gasteiger partial charge >= 0.3 is 6.16 Å². The molecule has 3 N–H and O–H groups in total. The molecule has 0 saturated heterocycles. The zero-order chi connectivity index (χ0) is 20.9. The van der Waals surface area contributed by atoms with Gasteiger partial charge in [-0.05, 0) is 96.7 Å². The first kappa shape index (κ1) is 19.1. The molecule has 150 valence electrons. The third-order valence-electron chi connectivity index (χ3n) is 5.76. The number of anilines is 1. The van der Waals surface area contributed by atoms with E-state index >= 15 is 0 Å². The third-order valence-corrected chi connectivity index (χ3v) is 5.76. The summed E-state index contributed by atoms with van der Waals surface area (Å²) in [5, 5.41) is 8.97. The van der Waals surface area contributed by atoms with Crippen LogP contribution >= 0.6 is 0 Å². The Balaban J connectivity index is 1.99. The summed E-state index contributed by atoms with van der Waals surface area (Å²) in [5.74, 6) is 0.163. The van der Waals surface area contributed by atoms with Crippen molar-refractivity contribution in [3.8, 4) is 16.9 Å². The molecule has 2 aromatic heterocycles. The van der Waals surface area contributed by atoms with Crippen molar-refractivity contribution in [2.24, 2.45) is 0 Å². The minimum atomic E-state index is -1.48. The summed E-state index contributed by atoms with van der Waals surface area (Å²) < 4.78 is 6.26. The number of fused-ring (bicyclic) bond motifs is 1. The predicted octanol–water partition coefficient (Wildman–Crippen LogP) is 4.66. The van der Waals surface area contributed by atoms with E-state index in [0.29, 0.717) is 5.92 Å². The van der Waals surface area contributed by atoms with Gasteiger partial charge in [-0.15, -0.1) is 0 Å². The molecule has 1 aliphatic carbocycles. The van der Waals surface area contributed by atoms with E-state index in [1.165, 1.54) is 4.40 Å². The number of hydrogen-bond acceptors (Lipinski definition) is 4. The predicted molar refractivity (Wildman–Crippen MR) is 113 cm³/mol. The number of pyridine rings is 2. The topological polar surface area (TPSA) is 94.0 Å². The van der Waals surface area contributed by atoms with E-state index in [2.05, 4.69) is 19.1 Å². The highest BCUT2D eigenvalue weighted by molar-refractivity contribution is 5.80. The summed E-state index contributed by atoms with van der Waals surface area (Å²) in [5.41, 5.74) is 13.6. The van der Waals surface area contributed by atoms with Gasteiger partial charge < -0.3 is 15.6 Å². The summed E-state index contributed by atoms with van der Waals surface area (Å²) in [6.45, 7) is 6.09. The van der Waals surface area contributed by atoms with Crippen molar-refractivity contribution in [2.75, 3.05) is 5.73 Å². The van der Waals surface area contributed by atoms with Crippen LogP contribution in [0.3, 0.4) is 0 Å². The molecule has 1 aromatic carbocycles. The summed E-state index contributed by atoms with van der Waals surface area (Å²) in [7, 11) is 0. The van der Waals surface area contributed by atoms with E-state index < -0.39 is 11.7 Å². The summed E-state index contributed by atoms with van der Waals surface area (Å²) in [6.07, 6.45) is 3.10. The van der Waals surface area contributed by atoms with Gasteiger partial charge in [-0.2, -0.15) is 0 Å². The number of benzene rings is 1. The Kier molecular flexibility index (Phi) is 4.57. The number of rotatable bonds is 4. The fourth-order valence-corrected chi connectivity index (χ4v) is 4.08. The molecule has 0 amide bonds. The number of aromatic nitrogens is 1. The first-order valence-corrected chi connectivity index (χ1v) is 9.80. The zero-order valence-corrected chi connectivity index (χ0v) is 16.8. The zero-order valence-electron chi connectivity index (χ0n) is 16.8. The smallest absolute Gasteiger partial charge is 0.449 e. The van der Waals surface area contributed by atoms with E-state index in [1.807, 2.05) is 19.9 Å². The van der Waals surface area contributed by atoms with Gasteiger partial charge in [-0.3, -0.25) is 9.20 Å². The van der Waals surface area contributed by atoms with Crippen LogP contribution in [0.15, 0.2) is 35.3 Å². The van der Waals surface area contributed by atoms with Crippen LogP contribution in [0.4, 0.5) is 10.5 Å². The lowest BCUT2D eigenvalue weighted by atomic mass is 9.93. The summed E-state index contributed by atoms with van der Waals surface area (Å²) in [4.78, 5) is 23.8. The number of hydrogen-bond donors (Lipinski definition) is 2. The molecule has 6 heteroatoms. The minimum Gasteiger partial charge on any atom is -0.449 e. The maximum atomic E-state index is 12.8. The van der Waals surface area contributed by atoms with E-state index in [-0.39, 0.29) is 5.75 Å². The molecule has 4 rings (SSSR count). The van der Waals surface area contributed by atoms with Crippen molar-refractivity contribution in [2.45, 2.75) is 46.0 Å². The molecule has 0 atom stereocenters. The molecule has 0 bridgehead atoms. The molecule has 2 heterocycles. The van der Waals surface area contributed by atoms with Gasteiger partial charge in [0.15, 0.2) is 5.75 Å². The minimum absolute atomic E-state index is 0.152. The molecule has 0 aliphatic heterocycles. The summed E-state index contributed by atoms with van der Waals surface area (Å²) >= 11 is 0. The quantitative estimate of drug-likeness (QED) is 0.497. The van der Waals surface area contributed by atoms with Gasteiger partial charge in [0.1, 0.15) is 0 Å². The highest BCUT2D eigenvalue weighted by Gasteiger charge is 2.29. The van der Waals surface area contributed by atoms with Crippen LogP contribution in [0.25, 0.3) is 16.6 Å². The molecule has 0 radical (unpaired) electrons. The van der Waals surface area contributed by atoms with E-state index in [1.54, 1.807) is 12.3 Å². The van der Waals surface area contributed by atoms with Gasteiger partial charge in [0.2, 0.25) is 0 Å². The Morgan fingerprint density at radius 3 is 2.62 bits per heavy atom. The molecule has 3 aromatic rings.